The topological polar surface area (TPSA) is 57.2 Å². The van der Waals surface area contributed by atoms with Crippen LogP contribution in [-0.4, -0.2) is 12.5 Å². The quantitative estimate of drug-likeness (QED) is 0.854. The molecule has 0 bridgehead atoms. The zero-order chi connectivity index (χ0) is 14.5. The molecular formula is C14H10BrFN2O2. The van der Waals surface area contributed by atoms with Crippen LogP contribution in [0.2, 0.25) is 0 Å². The summed E-state index contributed by atoms with van der Waals surface area (Å²) in [4.78, 5) is 13.7. The first-order valence-electron chi connectivity index (χ1n) is 5.81. The summed E-state index contributed by atoms with van der Waals surface area (Å²) in [5.74, 6) is -0.940. The van der Waals surface area contributed by atoms with Crippen molar-refractivity contribution in [2.75, 3.05) is 11.4 Å². The lowest BCUT2D eigenvalue weighted by Gasteiger charge is -2.21. The van der Waals surface area contributed by atoms with Crippen molar-refractivity contribution in [2.45, 2.75) is 6.42 Å². The minimum absolute atomic E-state index is 0.105. The predicted octanol–water partition coefficient (Wildman–Crippen LogP) is 3.74. The number of hydrogen-bond acceptors (Lipinski definition) is 3. The second-order valence-corrected chi connectivity index (χ2v) is 4.64. The van der Waals surface area contributed by atoms with Gasteiger partial charge in [0.25, 0.3) is 5.91 Å². The van der Waals surface area contributed by atoms with Gasteiger partial charge in [-0.05, 0) is 34.1 Å². The van der Waals surface area contributed by atoms with Crippen LogP contribution in [0.25, 0.3) is 0 Å². The minimum Gasteiger partial charge on any atom is -0.457 e. The molecule has 1 aromatic heterocycles. The van der Waals surface area contributed by atoms with Gasteiger partial charge in [-0.25, -0.2) is 4.39 Å². The van der Waals surface area contributed by atoms with Gasteiger partial charge in [-0.1, -0.05) is 12.1 Å². The van der Waals surface area contributed by atoms with Gasteiger partial charge in [0.15, 0.2) is 4.67 Å². The third-order valence-electron chi connectivity index (χ3n) is 2.68. The summed E-state index contributed by atoms with van der Waals surface area (Å²) >= 11 is 3.12. The molecule has 0 atom stereocenters. The molecule has 20 heavy (non-hydrogen) atoms. The van der Waals surface area contributed by atoms with Gasteiger partial charge < -0.3 is 9.32 Å². The van der Waals surface area contributed by atoms with Gasteiger partial charge in [0.1, 0.15) is 5.82 Å². The minimum atomic E-state index is -0.515. The Morgan fingerprint density at radius 3 is 2.75 bits per heavy atom. The molecule has 0 aliphatic rings. The summed E-state index contributed by atoms with van der Waals surface area (Å²) in [7, 11) is 0. The Labute approximate surface area is 123 Å². The first-order valence-corrected chi connectivity index (χ1v) is 6.60. The Balaban J connectivity index is 2.39. The van der Waals surface area contributed by atoms with Crippen molar-refractivity contribution in [3.63, 3.8) is 0 Å². The molecule has 0 aliphatic heterocycles. The highest BCUT2D eigenvalue weighted by molar-refractivity contribution is 9.10. The number of para-hydroxylation sites is 1. The summed E-state index contributed by atoms with van der Waals surface area (Å²) < 4.78 is 19.2. The average Bonchev–Trinajstić information content (AvgIpc) is 2.87. The molecule has 0 radical (unpaired) electrons. The number of nitriles is 1. The SMILES string of the molecule is N#CCCN(C(=O)c1ccoc1Br)c1ccccc1F. The van der Waals surface area contributed by atoms with Gasteiger partial charge in [-0.2, -0.15) is 5.26 Å². The lowest BCUT2D eigenvalue weighted by molar-refractivity contribution is 0.0985. The lowest BCUT2D eigenvalue weighted by atomic mass is 10.2. The highest BCUT2D eigenvalue weighted by atomic mass is 79.9. The second-order valence-electron chi connectivity index (χ2n) is 3.92. The summed E-state index contributed by atoms with van der Waals surface area (Å²) in [5.41, 5.74) is 0.423. The van der Waals surface area contributed by atoms with Crippen LogP contribution in [0.1, 0.15) is 16.8 Å². The number of anilines is 1. The van der Waals surface area contributed by atoms with Crippen molar-refractivity contribution < 1.29 is 13.6 Å². The van der Waals surface area contributed by atoms with Crippen molar-refractivity contribution in [1.29, 1.82) is 5.26 Å². The van der Waals surface area contributed by atoms with Gasteiger partial charge in [-0.3, -0.25) is 4.79 Å². The molecule has 102 valence electrons. The van der Waals surface area contributed by atoms with Crippen LogP contribution in [0.5, 0.6) is 0 Å². The smallest absolute Gasteiger partial charge is 0.262 e. The highest BCUT2D eigenvalue weighted by Gasteiger charge is 2.23. The van der Waals surface area contributed by atoms with Crippen LogP contribution in [0.3, 0.4) is 0 Å². The first-order chi connectivity index (χ1) is 9.65. The standard InChI is InChI=1S/C14H10BrFN2O2/c15-13-10(6-9-20-13)14(19)18(8-3-7-17)12-5-2-1-4-11(12)16/h1-2,4-6,9H,3,8H2. The zero-order valence-electron chi connectivity index (χ0n) is 10.3. The number of hydrogen-bond donors (Lipinski definition) is 0. The molecule has 0 unspecified atom stereocenters. The van der Waals surface area contributed by atoms with Gasteiger partial charge in [0.2, 0.25) is 0 Å². The van der Waals surface area contributed by atoms with Crippen LogP contribution >= 0.6 is 15.9 Å². The predicted molar refractivity (Wildman–Crippen MR) is 74.7 cm³/mol. The fourth-order valence-corrected chi connectivity index (χ4v) is 2.17. The molecule has 0 saturated heterocycles. The maximum atomic E-state index is 13.9. The molecule has 1 heterocycles. The number of amides is 1. The van der Waals surface area contributed by atoms with Crippen LogP contribution in [0.15, 0.2) is 45.7 Å². The number of benzene rings is 1. The van der Waals surface area contributed by atoms with E-state index in [4.69, 9.17) is 9.68 Å². The Kier molecular flexibility index (Phi) is 4.53. The van der Waals surface area contributed by atoms with Crippen molar-refractivity contribution in [3.8, 4) is 6.07 Å². The number of rotatable bonds is 4. The summed E-state index contributed by atoms with van der Waals surface area (Å²) in [6, 6.07) is 9.39. The van der Waals surface area contributed by atoms with E-state index < -0.39 is 11.7 Å². The summed E-state index contributed by atoms with van der Waals surface area (Å²) in [6.45, 7) is 0.105. The Hall–Kier alpha value is -2.13. The third-order valence-corrected chi connectivity index (χ3v) is 3.30. The first kappa shape index (κ1) is 14.3. The van der Waals surface area contributed by atoms with Gasteiger partial charge in [0, 0.05) is 6.54 Å². The van der Waals surface area contributed by atoms with Crippen molar-refractivity contribution in [2.24, 2.45) is 0 Å². The van der Waals surface area contributed by atoms with E-state index in [9.17, 15) is 9.18 Å². The molecule has 2 aromatic rings. The normalized spacial score (nSPS) is 10.1. The summed E-state index contributed by atoms with van der Waals surface area (Å²) in [5, 5.41) is 8.69. The van der Waals surface area contributed by atoms with E-state index >= 15 is 0 Å². The molecule has 2 rings (SSSR count). The van der Waals surface area contributed by atoms with Gasteiger partial charge in [0.05, 0.1) is 30.0 Å². The van der Waals surface area contributed by atoms with Crippen LogP contribution in [-0.2, 0) is 0 Å². The Morgan fingerprint density at radius 1 is 1.40 bits per heavy atom. The fraction of sp³-hybridized carbons (Fsp3) is 0.143. The van der Waals surface area contributed by atoms with E-state index in [1.165, 1.54) is 29.4 Å². The number of nitrogens with zero attached hydrogens (tertiary/aromatic N) is 2. The number of halogens is 2. The molecule has 6 heteroatoms. The van der Waals surface area contributed by atoms with E-state index in [-0.39, 0.29) is 28.9 Å². The van der Waals surface area contributed by atoms with Crippen LogP contribution in [0, 0.1) is 17.1 Å². The van der Waals surface area contributed by atoms with Gasteiger partial charge >= 0.3 is 0 Å². The zero-order valence-corrected chi connectivity index (χ0v) is 11.9. The Morgan fingerprint density at radius 2 is 2.15 bits per heavy atom. The van der Waals surface area contributed by atoms with E-state index in [0.717, 1.165) is 0 Å². The van der Waals surface area contributed by atoms with E-state index in [1.807, 2.05) is 6.07 Å². The van der Waals surface area contributed by atoms with Gasteiger partial charge in [-0.15, -0.1) is 0 Å². The maximum absolute atomic E-state index is 13.9. The Bertz CT molecular complexity index is 663. The molecule has 0 saturated carbocycles. The number of furan rings is 1. The largest absolute Gasteiger partial charge is 0.457 e. The highest BCUT2D eigenvalue weighted by Crippen LogP contribution is 2.25. The molecule has 0 spiro atoms. The van der Waals surface area contributed by atoms with Crippen LogP contribution in [0.4, 0.5) is 10.1 Å². The molecule has 0 aliphatic carbocycles. The van der Waals surface area contributed by atoms with E-state index in [1.54, 1.807) is 12.1 Å². The van der Waals surface area contributed by atoms with E-state index in [2.05, 4.69) is 15.9 Å². The van der Waals surface area contributed by atoms with Crippen molar-refractivity contribution in [3.05, 3.63) is 52.6 Å². The third kappa shape index (κ3) is 2.89. The lowest BCUT2D eigenvalue weighted by Crippen LogP contribution is -2.32. The molecule has 4 nitrogen and oxygen atoms in total. The average molecular weight is 337 g/mol. The fourth-order valence-electron chi connectivity index (χ4n) is 1.76. The second kappa shape index (κ2) is 6.35. The molecule has 1 amide bonds. The maximum Gasteiger partial charge on any atom is 0.262 e. The number of carbonyl (C=O) groups excluding carboxylic acids is 1. The van der Waals surface area contributed by atoms with Crippen molar-refractivity contribution in [1.82, 2.24) is 0 Å². The molecular weight excluding hydrogens is 327 g/mol. The molecule has 0 N–H and O–H groups in total. The molecule has 0 fully saturated rings. The number of carbonyl (C=O) groups is 1. The van der Waals surface area contributed by atoms with E-state index in [0.29, 0.717) is 0 Å². The van der Waals surface area contributed by atoms with Crippen molar-refractivity contribution >= 4 is 27.5 Å². The summed E-state index contributed by atoms with van der Waals surface area (Å²) in [6.07, 6.45) is 1.47. The molecule has 1 aromatic carbocycles. The van der Waals surface area contributed by atoms with Crippen LogP contribution < -0.4 is 4.90 Å². The monoisotopic (exact) mass is 336 g/mol.